The van der Waals surface area contributed by atoms with Crippen LogP contribution < -0.4 is 5.32 Å². The first-order valence-corrected chi connectivity index (χ1v) is 9.16. The maximum Gasteiger partial charge on any atom is 0.338 e. The predicted molar refractivity (Wildman–Crippen MR) is 109 cm³/mol. The van der Waals surface area contributed by atoms with E-state index in [1.807, 2.05) is 57.2 Å². The molecular formula is C22H23N3O4. The van der Waals surface area contributed by atoms with Gasteiger partial charge < -0.3 is 15.2 Å². The van der Waals surface area contributed by atoms with Crippen molar-refractivity contribution in [2.45, 2.75) is 26.2 Å². The summed E-state index contributed by atoms with van der Waals surface area (Å²) in [5.41, 5.74) is 1.67. The van der Waals surface area contributed by atoms with Gasteiger partial charge in [-0.3, -0.25) is 4.79 Å². The van der Waals surface area contributed by atoms with Gasteiger partial charge in [0.15, 0.2) is 6.61 Å². The Hall–Kier alpha value is -3.61. The summed E-state index contributed by atoms with van der Waals surface area (Å²) in [6.45, 7) is 5.67. The molecule has 1 aromatic heterocycles. The third-order valence-electron chi connectivity index (χ3n) is 4.18. The molecule has 0 unspecified atom stereocenters. The highest BCUT2D eigenvalue weighted by atomic mass is 16.5. The highest BCUT2D eigenvalue weighted by molar-refractivity contribution is 5.95. The van der Waals surface area contributed by atoms with E-state index in [0.29, 0.717) is 5.82 Å². The summed E-state index contributed by atoms with van der Waals surface area (Å²) in [6.07, 6.45) is 0. The van der Waals surface area contributed by atoms with Crippen molar-refractivity contribution in [3.63, 3.8) is 0 Å². The van der Waals surface area contributed by atoms with Crippen LogP contribution in [0.15, 0.2) is 60.7 Å². The average Bonchev–Trinajstić information content (AvgIpc) is 3.11. The first-order valence-electron chi connectivity index (χ1n) is 9.16. The van der Waals surface area contributed by atoms with Crippen molar-refractivity contribution in [3.05, 3.63) is 71.9 Å². The molecule has 3 rings (SSSR count). The maximum absolute atomic E-state index is 12.4. The molecule has 0 radical (unpaired) electrons. The van der Waals surface area contributed by atoms with Gasteiger partial charge in [0.1, 0.15) is 11.6 Å². The van der Waals surface area contributed by atoms with Crippen LogP contribution in [-0.2, 0) is 14.9 Å². The largest absolute Gasteiger partial charge is 0.508 e. The second-order valence-electron chi connectivity index (χ2n) is 7.58. The molecule has 0 atom stereocenters. The monoisotopic (exact) mass is 393 g/mol. The second-order valence-corrected chi connectivity index (χ2v) is 7.58. The van der Waals surface area contributed by atoms with Gasteiger partial charge in [-0.15, -0.1) is 0 Å². The molecule has 0 aliphatic rings. The van der Waals surface area contributed by atoms with Crippen LogP contribution in [-0.4, -0.2) is 33.4 Å². The van der Waals surface area contributed by atoms with E-state index in [-0.39, 0.29) is 16.7 Å². The zero-order valence-electron chi connectivity index (χ0n) is 16.5. The molecule has 29 heavy (non-hydrogen) atoms. The van der Waals surface area contributed by atoms with Crippen LogP contribution in [0.25, 0.3) is 5.69 Å². The zero-order chi connectivity index (χ0) is 21.0. The number of amides is 1. The summed E-state index contributed by atoms with van der Waals surface area (Å²) in [5.74, 6) is -0.586. The molecule has 0 aliphatic heterocycles. The van der Waals surface area contributed by atoms with Crippen LogP contribution in [0, 0.1) is 0 Å². The van der Waals surface area contributed by atoms with E-state index in [9.17, 15) is 14.7 Å². The summed E-state index contributed by atoms with van der Waals surface area (Å²) < 4.78 is 6.71. The van der Waals surface area contributed by atoms with Gasteiger partial charge in [0.05, 0.1) is 16.9 Å². The first-order chi connectivity index (χ1) is 13.7. The number of para-hydroxylation sites is 1. The fraction of sp³-hybridized carbons (Fsp3) is 0.227. The molecular weight excluding hydrogens is 370 g/mol. The number of phenolic OH excluding ortho intramolecular Hbond substituents is 1. The number of nitrogens with one attached hydrogen (secondary N) is 1. The summed E-state index contributed by atoms with van der Waals surface area (Å²) in [4.78, 5) is 24.4. The van der Waals surface area contributed by atoms with Gasteiger partial charge in [0.2, 0.25) is 0 Å². The smallest absolute Gasteiger partial charge is 0.338 e. The lowest BCUT2D eigenvalue weighted by Gasteiger charge is -2.14. The van der Waals surface area contributed by atoms with E-state index in [1.54, 1.807) is 4.68 Å². The van der Waals surface area contributed by atoms with Crippen molar-refractivity contribution in [2.75, 3.05) is 11.9 Å². The van der Waals surface area contributed by atoms with E-state index in [1.165, 1.54) is 24.3 Å². The SMILES string of the molecule is CC(C)(C)c1cc(NC(=O)COC(=O)c2ccc(O)cc2)n(-c2ccccc2)n1. The summed E-state index contributed by atoms with van der Waals surface area (Å²) in [6, 6.07) is 16.9. The van der Waals surface area contributed by atoms with E-state index in [2.05, 4.69) is 10.4 Å². The molecule has 1 amide bonds. The number of carbonyl (C=O) groups excluding carboxylic acids is 2. The molecule has 2 N–H and O–H groups in total. The van der Waals surface area contributed by atoms with Gasteiger partial charge in [-0.2, -0.15) is 5.10 Å². The molecule has 3 aromatic rings. The van der Waals surface area contributed by atoms with Crippen LogP contribution in [0.1, 0.15) is 36.8 Å². The number of esters is 1. The van der Waals surface area contributed by atoms with Gasteiger partial charge in [0, 0.05) is 11.5 Å². The Morgan fingerprint density at radius 2 is 1.72 bits per heavy atom. The number of aromatic nitrogens is 2. The lowest BCUT2D eigenvalue weighted by atomic mass is 9.92. The second kappa shape index (κ2) is 8.18. The summed E-state index contributed by atoms with van der Waals surface area (Å²) in [5, 5.41) is 16.7. The Labute approximate surface area is 168 Å². The van der Waals surface area contributed by atoms with Gasteiger partial charge in [0.25, 0.3) is 5.91 Å². The number of ether oxygens (including phenoxy) is 1. The van der Waals surface area contributed by atoms with Crippen molar-refractivity contribution in [1.29, 1.82) is 0 Å². The Morgan fingerprint density at radius 1 is 1.07 bits per heavy atom. The number of benzene rings is 2. The minimum atomic E-state index is -0.646. The Morgan fingerprint density at radius 3 is 2.34 bits per heavy atom. The molecule has 150 valence electrons. The highest BCUT2D eigenvalue weighted by Gasteiger charge is 2.22. The fourth-order valence-corrected chi connectivity index (χ4v) is 2.59. The van der Waals surface area contributed by atoms with E-state index >= 15 is 0 Å². The average molecular weight is 393 g/mol. The Kier molecular flexibility index (Phi) is 5.68. The van der Waals surface area contributed by atoms with E-state index < -0.39 is 18.5 Å². The molecule has 0 bridgehead atoms. The minimum Gasteiger partial charge on any atom is -0.508 e. The first kappa shape index (κ1) is 20.1. The van der Waals surface area contributed by atoms with Crippen LogP contribution in [0.4, 0.5) is 5.82 Å². The number of hydrogen-bond donors (Lipinski definition) is 2. The number of anilines is 1. The molecule has 0 fully saturated rings. The van der Waals surface area contributed by atoms with Crippen LogP contribution >= 0.6 is 0 Å². The Balaban J connectivity index is 1.73. The van der Waals surface area contributed by atoms with Gasteiger partial charge in [-0.1, -0.05) is 39.0 Å². The number of aromatic hydroxyl groups is 1. The van der Waals surface area contributed by atoms with E-state index in [0.717, 1.165) is 11.4 Å². The zero-order valence-corrected chi connectivity index (χ0v) is 16.5. The molecule has 7 heteroatoms. The van der Waals surface area contributed by atoms with Crippen molar-refractivity contribution >= 4 is 17.7 Å². The minimum absolute atomic E-state index is 0.0446. The molecule has 0 aliphatic carbocycles. The molecule has 0 saturated carbocycles. The lowest BCUT2D eigenvalue weighted by molar-refractivity contribution is -0.119. The number of nitrogens with zero attached hydrogens (tertiary/aromatic N) is 2. The van der Waals surface area contributed by atoms with Gasteiger partial charge >= 0.3 is 5.97 Å². The molecule has 2 aromatic carbocycles. The van der Waals surface area contributed by atoms with Crippen molar-refractivity contribution in [1.82, 2.24) is 9.78 Å². The predicted octanol–water partition coefficient (Wildman–Crippen LogP) is 3.67. The third kappa shape index (κ3) is 5.01. The normalized spacial score (nSPS) is 11.1. The number of hydrogen-bond acceptors (Lipinski definition) is 5. The maximum atomic E-state index is 12.4. The molecule has 1 heterocycles. The number of carbonyl (C=O) groups is 2. The number of rotatable bonds is 5. The number of phenols is 1. The van der Waals surface area contributed by atoms with Crippen LogP contribution in [0.3, 0.4) is 0 Å². The van der Waals surface area contributed by atoms with Gasteiger partial charge in [-0.25, -0.2) is 9.48 Å². The van der Waals surface area contributed by atoms with E-state index in [4.69, 9.17) is 4.74 Å². The fourth-order valence-electron chi connectivity index (χ4n) is 2.59. The lowest BCUT2D eigenvalue weighted by Crippen LogP contribution is -2.22. The standard InChI is InChI=1S/C22H23N3O4/c1-22(2,3)18-13-19(25(24-18)16-7-5-4-6-8-16)23-20(27)14-29-21(28)15-9-11-17(26)12-10-15/h4-13,26H,14H2,1-3H3,(H,23,27). The van der Waals surface area contributed by atoms with Gasteiger partial charge in [-0.05, 0) is 36.4 Å². The van der Waals surface area contributed by atoms with Crippen LogP contribution in [0.2, 0.25) is 0 Å². The quantitative estimate of drug-likeness (QED) is 0.645. The molecule has 0 spiro atoms. The topological polar surface area (TPSA) is 93.5 Å². The van der Waals surface area contributed by atoms with Crippen molar-refractivity contribution < 1.29 is 19.4 Å². The molecule has 7 nitrogen and oxygen atoms in total. The van der Waals surface area contributed by atoms with Crippen molar-refractivity contribution in [3.8, 4) is 11.4 Å². The Bertz CT molecular complexity index is 1000. The molecule has 0 saturated heterocycles. The summed E-state index contributed by atoms with van der Waals surface area (Å²) in [7, 11) is 0. The van der Waals surface area contributed by atoms with Crippen LogP contribution in [0.5, 0.6) is 5.75 Å². The highest BCUT2D eigenvalue weighted by Crippen LogP contribution is 2.26. The summed E-state index contributed by atoms with van der Waals surface area (Å²) >= 11 is 0. The third-order valence-corrected chi connectivity index (χ3v) is 4.18. The van der Waals surface area contributed by atoms with Crippen molar-refractivity contribution in [2.24, 2.45) is 0 Å².